The molecule has 17 heavy (non-hydrogen) atoms. The van der Waals surface area contributed by atoms with E-state index in [4.69, 9.17) is 5.21 Å². The molecule has 0 spiro atoms. The minimum absolute atomic E-state index is 0.274. The molecule has 0 atom stereocenters. The van der Waals surface area contributed by atoms with E-state index in [0.717, 1.165) is 18.8 Å². The second-order valence-electron chi connectivity index (χ2n) is 4.00. The Morgan fingerprint density at radius 2 is 2.12 bits per heavy atom. The van der Waals surface area contributed by atoms with Crippen molar-refractivity contribution < 1.29 is 10.0 Å². The highest BCUT2D eigenvalue weighted by Crippen LogP contribution is 2.09. The van der Waals surface area contributed by atoms with E-state index in [0.29, 0.717) is 11.6 Å². The lowest BCUT2D eigenvalue weighted by atomic mass is 10.3. The summed E-state index contributed by atoms with van der Waals surface area (Å²) in [5, 5.41) is 13.8. The predicted molar refractivity (Wildman–Crippen MR) is 63.8 cm³/mol. The van der Waals surface area contributed by atoms with Crippen LogP contribution in [0.25, 0.3) is 0 Å². The van der Waals surface area contributed by atoms with Crippen molar-refractivity contribution in [3.05, 3.63) is 17.5 Å². The first-order chi connectivity index (χ1) is 7.99. The van der Waals surface area contributed by atoms with Gasteiger partial charge in [0.05, 0.1) is 5.69 Å². The molecule has 0 fully saturated rings. The first-order valence-electron chi connectivity index (χ1n) is 5.71. The third-order valence-electron chi connectivity index (χ3n) is 2.65. The maximum absolute atomic E-state index is 11.6. The minimum Gasteiger partial charge on any atom is -0.301 e. The molecule has 1 N–H and O–H groups in total. The molecule has 0 saturated carbocycles. The zero-order valence-corrected chi connectivity index (χ0v) is 10.8. The van der Waals surface area contributed by atoms with Gasteiger partial charge in [-0.05, 0) is 26.6 Å². The van der Waals surface area contributed by atoms with Crippen molar-refractivity contribution >= 4 is 5.91 Å². The Morgan fingerprint density at radius 3 is 2.59 bits per heavy atom. The van der Waals surface area contributed by atoms with E-state index in [1.807, 2.05) is 14.0 Å². The lowest BCUT2D eigenvalue weighted by Crippen LogP contribution is -2.23. The number of amides is 1. The quantitative estimate of drug-likeness (QED) is 0.611. The zero-order chi connectivity index (χ0) is 13.0. The van der Waals surface area contributed by atoms with Gasteiger partial charge in [-0.25, -0.2) is 5.06 Å². The third-order valence-corrected chi connectivity index (χ3v) is 2.65. The highest BCUT2D eigenvalue weighted by molar-refractivity contribution is 5.91. The van der Waals surface area contributed by atoms with Crippen LogP contribution in [-0.4, -0.2) is 51.5 Å². The maximum atomic E-state index is 11.6. The van der Waals surface area contributed by atoms with Crippen LogP contribution < -0.4 is 0 Å². The van der Waals surface area contributed by atoms with Crippen molar-refractivity contribution in [1.82, 2.24) is 19.7 Å². The molecular weight excluding hydrogens is 220 g/mol. The number of hydrogen-bond donors (Lipinski definition) is 1. The summed E-state index contributed by atoms with van der Waals surface area (Å²) in [6.45, 7) is 6.41. The number of nitrogens with zero attached hydrogens (tertiary/aromatic N) is 4. The highest BCUT2D eigenvalue weighted by Gasteiger charge is 2.16. The highest BCUT2D eigenvalue weighted by atomic mass is 16.5. The molecule has 0 unspecified atom stereocenters. The predicted octanol–water partition coefficient (Wildman–Crippen LogP) is 0.816. The fraction of sp³-hybridized carbons (Fsp3) is 0.636. The zero-order valence-electron chi connectivity index (χ0n) is 10.8. The number of carbonyl (C=O) groups excluding carboxylic acids is 1. The molecule has 0 saturated heterocycles. The summed E-state index contributed by atoms with van der Waals surface area (Å²) in [4.78, 5) is 13.7. The van der Waals surface area contributed by atoms with Gasteiger partial charge in [0.2, 0.25) is 0 Å². The van der Waals surface area contributed by atoms with E-state index in [9.17, 15) is 4.79 Å². The molecule has 1 amide bonds. The van der Waals surface area contributed by atoms with Gasteiger partial charge in [-0.15, -0.1) is 0 Å². The van der Waals surface area contributed by atoms with Crippen molar-refractivity contribution in [3.8, 4) is 0 Å². The van der Waals surface area contributed by atoms with Crippen molar-refractivity contribution in [3.63, 3.8) is 0 Å². The number of aryl methyl sites for hydroxylation is 1. The molecule has 0 aliphatic heterocycles. The smallest absolute Gasteiger partial charge is 0.297 e. The number of rotatable bonds is 5. The van der Waals surface area contributed by atoms with E-state index in [2.05, 4.69) is 16.9 Å². The summed E-state index contributed by atoms with van der Waals surface area (Å²) in [7, 11) is 3.30. The molecule has 0 aliphatic carbocycles. The molecule has 96 valence electrons. The van der Waals surface area contributed by atoms with Gasteiger partial charge in [-0.1, -0.05) is 6.92 Å². The molecule has 0 aliphatic rings. The van der Waals surface area contributed by atoms with Crippen LogP contribution >= 0.6 is 0 Å². The number of aromatic nitrogens is 2. The number of hydroxylamine groups is 2. The Morgan fingerprint density at radius 1 is 1.47 bits per heavy atom. The Hall–Kier alpha value is -1.40. The second kappa shape index (κ2) is 5.79. The van der Waals surface area contributed by atoms with Gasteiger partial charge in [-0.2, -0.15) is 5.10 Å². The van der Waals surface area contributed by atoms with Crippen molar-refractivity contribution in [1.29, 1.82) is 0 Å². The molecule has 1 rings (SSSR count). The summed E-state index contributed by atoms with van der Waals surface area (Å²) < 4.78 is 1.78. The number of carbonyl (C=O) groups is 1. The van der Waals surface area contributed by atoms with Crippen molar-refractivity contribution in [2.45, 2.75) is 26.9 Å². The topological polar surface area (TPSA) is 61.6 Å². The standard InChI is InChI=1S/C11H20N4O2/c1-5-13(3)8-9-7-10(11(16)14(4)17)12-15(9)6-2/h7,17H,5-6,8H2,1-4H3. The Kier molecular flexibility index (Phi) is 4.65. The molecule has 0 bridgehead atoms. The van der Waals surface area contributed by atoms with E-state index >= 15 is 0 Å². The van der Waals surface area contributed by atoms with Crippen LogP contribution in [-0.2, 0) is 13.1 Å². The van der Waals surface area contributed by atoms with E-state index in [1.165, 1.54) is 7.05 Å². The molecule has 0 aromatic carbocycles. The van der Waals surface area contributed by atoms with Crippen LogP contribution in [0.2, 0.25) is 0 Å². The summed E-state index contributed by atoms with van der Waals surface area (Å²) in [5.74, 6) is -0.488. The average molecular weight is 240 g/mol. The summed E-state index contributed by atoms with van der Waals surface area (Å²) >= 11 is 0. The molecule has 1 aromatic heterocycles. The summed E-state index contributed by atoms with van der Waals surface area (Å²) in [6.07, 6.45) is 0. The first kappa shape index (κ1) is 13.7. The normalized spacial score (nSPS) is 10.9. The van der Waals surface area contributed by atoms with Gasteiger partial charge in [0.25, 0.3) is 5.91 Å². The SMILES string of the molecule is CCN(C)Cc1cc(C(=O)N(C)O)nn1CC. The van der Waals surface area contributed by atoms with Crippen LogP contribution in [0, 0.1) is 0 Å². The van der Waals surface area contributed by atoms with E-state index in [-0.39, 0.29) is 5.69 Å². The van der Waals surface area contributed by atoms with Crippen LogP contribution in [0.1, 0.15) is 30.0 Å². The van der Waals surface area contributed by atoms with Gasteiger partial charge in [0, 0.05) is 20.1 Å². The fourth-order valence-corrected chi connectivity index (χ4v) is 1.52. The minimum atomic E-state index is -0.488. The van der Waals surface area contributed by atoms with Crippen LogP contribution in [0.5, 0.6) is 0 Å². The van der Waals surface area contributed by atoms with Crippen LogP contribution in [0.15, 0.2) is 6.07 Å². The monoisotopic (exact) mass is 240 g/mol. The largest absolute Gasteiger partial charge is 0.301 e. The molecule has 6 nitrogen and oxygen atoms in total. The van der Waals surface area contributed by atoms with Crippen molar-refractivity contribution in [2.75, 3.05) is 20.6 Å². The molecule has 1 aromatic rings. The Balaban J connectivity index is 2.94. The van der Waals surface area contributed by atoms with E-state index in [1.54, 1.807) is 10.7 Å². The Bertz CT molecular complexity index is 387. The van der Waals surface area contributed by atoms with Gasteiger partial charge in [0.1, 0.15) is 0 Å². The maximum Gasteiger partial charge on any atom is 0.297 e. The van der Waals surface area contributed by atoms with Gasteiger partial charge in [-0.3, -0.25) is 14.7 Å². The Labute approximate surface area is 101 Å². The van der Waals surface area contributed by atoms with E-state index < -0.39 is 5.91 Å². The fourth-order valence-electron chi connectivity index (χ4n) is 1.52. The van der Waals surface area contributed by atoms with Gasteiger partial charge < -0.3 is 4.90 Å². The average Bonchev–Trinajstić information content (AvgIpc) is 2.70. The van der Waals surface area contributed by atoms with Crippen molar-refractivity contribution in [2.24, 2.45) is 0 Å². The molecule has 6 heteroatoms. The summed E-state index contributed by atoms with van der Waals surface area (Å²) in [6, 6.07) is 1.73. The molecule has 1 heterocycles. The van der Waals surface area contributed by atoms with Crippen LogP contribution in [0.3, 0.4) is 0 Å². The second-order valence-corrected chi connectivity index (χ2v) is 4.00. The lowest BCUT2D eigenvalue weighted by molar-refractivity contribution is -0.0380. The van der Waals surface area contributed by atoms with Gasteiger partial charge >= 0.3 is 0 Å². The van der Waals surface area contributed by atoms with Crippen LogP contribution in [0.4, 0.5) is 0 Å². The van der Waals surface area contributed by atoms with Gasteiger partial charge in [0.15, 0.2) is 5.69 Å². The molecular formula is C11H20N4O2. The third kappa shape index (κ3) is 3.28. The first-order valence-corrected chi connectivity index (χ1v) is 5.71. The lowest BCUT2D eigenvalue weighted by Gasteiger charge is -2.13. The summed E-state index contributed by atoms with van der Waals surface area (Å²) in [5.41, 5.74) is 1.25. The molecule has 0 radical (unpaired) electrons. The number of hydrogen-bond acceptors (Lipinski definition) is 4.